The van der Waals surface area contributed by atoms with Gasteiger partial charge in [0.15, 0.2) is 6.10 Å². The average Bonchev–Trinajstić information content (AvgIpc) is 2.90. The van der Waals surface area contributed by atoms with Gasteiger partial charge in [-0.3, -0.25) is 24.6 Å². The first-order valence-corrected chi connectivity index (χ1v) is 8.29. The molecule has 1 aliphatic heterocycles. The van der Waals surface area contributed by atoms with Crippen molar-refractivity contribution in [1.82, 2.24) is 0 Å². The molecule has 1 heterocycles. The Bertz CT molecular complexity index is 712. The number of carbonyl (C=O) groups excluding carboxylic acids is 2. The molecule has 0 aromatic heterocycles. The molecule has 0 unspecified atom stereocenters. The highest BCUT2D eigenvalue weighted by Gasteiger charge is 2.47. The highest BCUT2D eigenvalue weighted by molar-refractivity contribution is 6.21. The number of nitro groups is 1. The van der Waals surface area contributed by atoms with Crippen LogP contribution in [-0.4, -0.2) is 40.0 Å². The molecule has 9 heteroatoms. The summed E-state index contributed by atoms with van der Waals surface area (Å²) in [7, 11) is 0. The van der Waals surface area contributed by atoms with E-state index in [9.17, 15) is 29.6 Å². The van der Waals surface area contributed by atoms with Gasteiger partial charge in [-0.2, -0.15) is 0 Å². The van der Waals surface area contributed by atoms with Crippen LogP contribution in [-0.2, 0) is 19.1 Å². The van der Waals surface area contributed by atoms with Crippen LogP contribution in [0.4, 0.5) is 11.4 Å². The summed E-state index contributed by atoms with van der Waals surface area (Å²) in [5.41, 5.74) is -0.00959. The SMILES string of the molecule is CCC(CC)O[C@H](C(=O)O)[C@@H]1CC(=O)N(c2ccc([N+](=O)[O-])cc2)C1=O. The molecule has 0 radical (unpaired) electrons. The second-order valence-electron chi connectivity index (χ2n) is 5.98. The van der Waals surface area contributed by atoms with Crippen molar-refractivity contribution in [3.05, 3.63) is 34.4 Å². The highest BCUT2D eigenvalue weighted by atomic mass is 16.6. The van der Waals surface area contributed by atoms with Gasteiger partial charge in [-0.05, 0) is 25.0 Å². The largest absolute Gasteiger partial charge is 0.479 e. The minimum atomic E-state index is -1.42. The topological polar surface area (TPSA) is 127 Å². The highest BCUT2D eigenvalue weighted by Crippen LogP contribution is 2.31. The number of hydrogen-bond donors (Lipinski definition) is 1. The van der Waals surface area contributed by atoms with Crippen LogP contribution < -0.4 is 4.90 Å². The normalized spacial score (nSPS) is 18.4. The Morgan fingerprint density at radius 1 is 1.31 bits per heavy atom. The average molecular weight is 364 g/mol. The van der Waals surface area contributed by atoms with Crippen LogP contribution in [0.1, 0.15) is 33.1 Å². The van der Waals surface area contributed by atoms with E-state index >= 15 is 0 Å². The number of amides is 2. The van der Waals surface area contributed by atoms with Crippen LogP contribution in [0.5, 0.6) is 0 Å². The molecule has 140 valence electrons. The number of aliphatic carboxylic acids is 1. The van der Waals surface area contributed by atoms with E-state index in [1.807, 2.05) is 13.8 Å². The molecule has 0 spiro atoms. The molecule has 0 aliphatic carbocycles. The van der Waals surface area contributed by atoms with Gasteiger partial charge in [-0.1, -0.05) is 13.8 Å². The molecule has 2 amide bonds. The van der Waals surface area contributed by atoms with E-state index < -0.39 is 34.7 Å². The summed E-state index contributed by atoms with van der Waals surface area (Å²) in [5.74, 6) is -3.67. The second-order valence-corrected chi connectivity index (χ2v) is 5.98. The predicted octanol–water partition coefficient (Wildman–Crippen LogP) is 2.13. The smallest absolute Gasteiger partial charge is 0.333 e. The quantitative estimate of drug-likeness (QED) is 0.425. The number of hydrogen-bond acceptors (Lipinski definition) is 6. The maximum absolute atomic E-state index is 12.7. The molecule has 1 aromatic rings. The molecular formula is C17H20N2O7. The number of nitro benzene ring substituents is 1. The monoisotopic (exact) mass is 364 g/mol. The van der Waals surface area contributed by atoms with Gasteiger partial charge in [-0.25, -0.2) is 4.79 Å². The third-order valence-corrected chi connectivity index (χ3v) is 4.36. The molecule has 2 rings (SSSR count). The number of benzene rings is 1. The molecule has 1 saturated heterocycles. The fourth-order valence-corrected chi connectivity index (χ4v) is 2.90. The Hall–Kier alpha value is -2.81. The number of carbonyl (C=O) groups is 3. The van der Waals surface area contributed by atoms with Gasteiger partial charge in [0.1, 0.15) is 0 Å². The zero-order chi connectivity index (χ0) is 19.4. The molecule has 0 bridgehead atoms. The van der Waals surface area contributed by atoms with E-state index in [2.05, 4.69) is 0 Å². The van der Waals surface area contributed by atoms with Crippen molar-refractivity contribution in [2.45, 2.75) is 45.3 Å². The standard InChI is InChI=1S/C17H20N2O7/c1-3-12(4-2)26-15(17(22)23)13-9-14(20)18(16(13)21)10-5-7-11(8-6-10)19(24)25/h5-8,12-13,15H,3-4,9H2,1-2H3,(H,22,23)/t13-,15-/m0/s1. The molecule has 2 atom stereocenters. The first-order chi connectivity index (χ1) is 12.3. The molecule has 1 aromatic carbocycles. The molecule has 26 heavy (non-hydrogen) atoms. The predicted molar refractivity (Wildman–Crippen MR) is 90.6 cm³/mol. The third-order valence-electron chi connectivity index (χ3n) is 4.36. The number of carboxylic acid groups (broad SMARTS) is 1. The van der Waals surface area contributed by atoms with Crippen LogP contribution in [0.15, 0.2) is 24.3 Å². The van der Waals surface area contributed by atoms with Crippen LogP contribution in [0.3, 0.4) is 0 Å². The van der Waals surface area contributed by atoms with Crippen molar-refractivity contribution < 1.29 is 29.2 Å². The van der Waals surface area contributed by atoms with E-state index in [1.54, 1.807) is 0 Å². The third kappa shape index (κ3) is 3.88. The number of imide groups is 1. The van der Waals surface area contributed by atoms with Gasteiger partial charge in [0.25, 0.3) is 5.69 Å². The van der Waals surface area contributed by atoms with Crippen molar-refractivity contribution in [3.8, 4) is 0 Å². The summed E-state index contributed by atoms with van der Waals surface area (Å²) in [6, 6.07) is 4.93. The van der Waals surface area contributed by atoms with Gasteiger partial charge in [0, 0.05) is 18.6 Å². The number of ether oxygens (including phenoxy) is 1. The van der Waals surface area contributed by atoms with Gasteiger partial charge in [0.05, 0.1) is 22.6 Å². The summed E-state index contributed by atoms with van der Waals surface area (Å²) >= 11 is 0. The van der Waals surface area contributed by atoms with Crippen LogP contribution in [0, 0.1) is 16.0 Å². The van der Waals surface area contributed by atoms with Gasteiger partial charge < -0.3 is 9.84 Å². The fraction of sp³-hybridized carbons (Fsp3) is 0.471. The van der Waals surface area contributed by atoms with Crippen LogP contribution in [0.25, 0.3) is 0 Å². The lowest BCUT2D eigenvalue weighted by atomic mass is 10.00. The van der Waals surface area contributed by atoms with Crippen molar-refractivity contribution in [2.24, 2.45) is 5.92 Å². The number of anilines is 1. The van der Waals surface area contributed by atoms with E-state index in [0.29, 0.717) is 12.8 Å². The minimum Gasteiger partial charge on any atom is -0.479 e. The maximum atomic E-state index is 12.7. The number of rotatable bonds is 8. The Balaban J connectivity index is 2.25. The van der Waals surface area contributed by atoms with Crippen LogP contribution in [0.2, 0.25) is 0 Å². The Kier molecular flexibility index (Phi) is 6.04. The molecule has 1 aliphatic rings. The summed E-state index contributed by atoms with van der Waals surface area (Å²) in [6.45, 7) is 3.69. The molecule has 0 saturated carbocycles. The van der Waals surface area contributed by atoms with Crippen molar-refractivity contribution in [3.63, 3.8) is 0 Å². The summed E-state index contributed by atoms with van der Waals surface area (Å²) < 4.78 is 5.56. The van der Waals surface area contributed by atoms with E-state index in [0.717, 1.165) is 4.90 Å². The molecule has 9 nitrogen and oxygen atoms in total. The summed E-state index contributed by atoms with van der Waals surface area (Å²) in [4.78, 5) is 47.5. The summed E-state index contributed by atoms with van der Waals surface area (Å²) in [6.07, 6.45) is -0.859. The summed E-state index contributed by atoms with van der Waals surface area (Å²) in [5, 5.41) is 20.2. The number of nitrogens with zero attached hydrogens (tertiary/aromatic N) is 2. The Morgan fingerprint density at radius 3 is 2.35 bits per heavy atom. The Labute approximate surface area is 149 Å². The van der Waals surface area contributed by atoms with E-state index in [1.165, 1.54) is 24.3 Å². The van der Waals surface area contributed by atoms with Crippen molar-refractivity contribution >= 4 is 29.2 Å². The molecule has 1 N–H and O–H groups in total. The molecular weight excluding hydrogens is 344 g/mol. The van der Waals surface area contributed by atoms with E-state index in [4.69, 9.17) is 4.74 Å². The fourth-order valence-electron chi connectivity index (χ4n) is 2.90. The zero-order valence-corrected chi connectivity index (χ0v) is 14.5. The first kappa shape index (κ1) is 19.5. The minimum absolute atomic E-state index is 0.166. The zero-order valence-electron chi connectivity index (χ0n) is 14.5. The lowest BCUT2D eigenvalue weighted by Crippen LogP contribution is -2.40. The first-order valence-electron chi connectivity index (χ1n) is 8.29. The van der Waals surface area contributed by atoms with E-state index in [-0.39, 0.29) is 23.9 Å². The number of carboxylic acids is 1. The van der Waals surface area contributed by atoms with Gasteiger partial charge in [0.2, 0.25) is 11.8 Å². The van der Waals surface area contributed by atoms with Crippen molar-refractivity contribution in [2.75, 3.05) is 4.90 Å². The molecule has 1 fully saturated rings. The van der Waals surface area contributed by atoms with Gasteiger partial charge >= 0.3 is 5.97 Å². The van der Waals surface area contributed by atoms with Crippen molar-refractivity contribution in [1.29, 1.82) is 0 Å². The lowest BCUT2D eigenvalue weighted by molar-refractivity contribution is -0.384. The Morgan fingerprint density at radius 2 is 1.88 bits per heavy atom. The van der Waals surface area contributed by atoms with Crippen LogP contribution >= 0.6 is 0 Å². The second kappa shape index (κ2) is 8.05. The lowest BCUT2D eigenvalue weighted by Gasteiger charge is -2.24. The maximum Gasteiger partial charge on any atom is 0.333 e. The number of non-ortho nitro benzene ring substituents is 1. The van der Waals surface area contributed by atoms with Gasteiger partial charge in [-0.15, -0.1) is 0 Å².